The van der Waals surface area contributed by atoms with Gasteiger partial charge < -0.3 is 9.84 Å². The van der Waals surface area contributed by atoms with Crippen molar-refractivity contribution in [2.45, 2.75) is 37.3 Å². The van der Waals surface area contributed by atoms with Gasteiger partial charge in [-0.25, -0.2) is 9.37 Å². The summed E-state index contributed by atoms with van der Waals surface area (Å²) < 4.78 is 20.4. The summed E-state index contributed by atoms with van der Waals surface area (Å²) in [7, 11) is 0. The average molecular weight is 477 g/mol. The Bertz CT molecular complexity index is 1210. The van der Waals surface area contributed by atoms with E-state index in [9.17, 15) is 9.50 Å². The van der Waals surface area contributed by atoms with Gasteiger partial charge in [-0.1, -0.05) is 29.7 Å². The first kappa shape index (κ1) is 22.9. The molecule has 4 nitrogen and oxygen atoms in total. The van der Waals surface area contributed by atoms with Gasteiger partial charge in [-0.15, -0.1) is 0 Å². The van der Waals surface area contributed by atoms with Crippen LogP contribution in [0.2, 0.25) is 5.02 Å². The summed E-state index contributed by atoms with van der Waals surface area (Å²) in [5.41, 5.74) is 1.92. The number of pyridine rings is 1. The molecule has 2 aromatic carbocycles. The van der Waals surface area contributed by atoms with Gasteiger partial charge in [-0.2, -0.15) is 0 Å². The molecule has 1 N–H and O–H groups in total. The molecule has 0 radical (unpaired) electrons. The van der Waals surface area contributed by atoms with Gasteiger partial charge in [0.2, 0.25) is 0 Å². The van der Waals surface area contributed by atoms with Crippen LogP contribution >= 0.6 is 11.6 Å². The van der Waals surface area contributed by atoms with Gasteiger partial charge in [0, 0.05) is 34.9 Å². The van der Waals surface area contributed by atoms with Crippen molar-refractivity contribution in [3.05, 3.63) is 82.9 Å². The minimum Gasteiger partial charge on any atom is -0.492 e. The summed E-state index contributed by atoms with van der Waals surface area (Å²) in [5.74, 6) is 6.08. The highest BCUT2D eigenvalue weighted by Crippen LogP contribution is 2.44. The largest absolute Gasteiger partial charge is 0.492 e. The number of benzene rings is 2. The fourth-order valence-corrected chi connectivity index (χ4v) is 4.67. The normalized spacial score (nSPS) is 18.9. The summed E-state index contributed by atoms with van der Waals surface area (Å²) in [4.78, 5) is 6.54. The Labute approximate surface area is 204 Å². The molecule has 5 rings (SSSR count). The third kappa shape index (κ3) is 5.26. The van der Waals surface area contributed by atoms with E-state index in [1.807, 2.05) is 36.4 Å². The van der Waals surface area contributed by atoms with Crippen LogP contribution in [0.1, 0.15) is 36.9 Å². The molecule has 1 saturated carbocycles. The highest BCUT2D eigenvalue weighted by atomic mass is 35.5. The molecule has 6 heteroatoms. The smallest absolute Gasteiger partial charge is 0.158 e. The number of likely N-dealkylation sites (tertiary alicyclic amines) is 1. The minimum absolute atomic E-state index is 0.107. The van der Waals surface area contributed by atoms with Crippen molar-refractivity contribution in [3.63, 3.8) is 0 Å². The molecule has 1 saturated heterocycles. The molecule has 3 aromatic rings. The highest BCUT2D eigenvalue weighted by molar-refractivity contribution is 6.30. The fraction of sp³-hybridized carbons (Fsp3) is 0.321. The van der Waals surface area contributed by atoms with Crippen LogP contribution in [-0.2, 0) is 0 Å². The first-order chi connectivity index (χ1) is 16.5. The number of aromatic nitrogens is 1. The molecule has 0 amide bonds. The predicted molar refractivity (Wildman–Crippen MR) is 131 cm³/mol. The van der Waals surface area contributed by atoms with Gasteiger partial charge in [0.25, 0.3) is 0 Å². The van der Waals surface area contributed by atoms with Crippen LogP contribution in [0.3, 0.4) is 0 Å². The Morgan fingerprint density at radius 2 is 1.85 bits per heavy atom. The molecule has 1 aromatic heterocycles. The summed E-state index contributed by atoms with van der Waals surface area (Å²) in [6.07, 6.45) is 5.66. The summed E-state index contributed by atoms with van der Waals surface area (Å²) in [6, 6.07) is 16.3. The van der Waals surface area contributed by atoms with E-state index in [0.29, 0.717) is 17.2 Å². The molecule has 2 fully saturated rings. The molecule has 0 bridgehead atoms. The van der Waals surface area contributed by atoms with Crippen molar-refractivity contribution in [2.75, 3.05) is 19.7 Å². The zero-order valence-electron chi connectivity index (χ0n) is 18.8. The zero-order chi connectivity index (χ0) is 23.5. The molecule has 1 aliphatic carbocycles. The van der Waals surface area contributed by atoms with Crippen molar-refractivity contribution < 1.29 is 14.2 Å². The molecular formula is C28H26ClFN2O2. The van der Waals surface area contributed by atoms with Gasteiger partial charge >= 0.3 is 0 Å². The maximum absolute atomic E-state index is 14.5. The number of ether oxygens (including phenoxy) is 1. The van der Waals surface area contributed by atoms with E-state index in [2.05, 4.69) is 21.7 Å². The van der Waals surface area contributed by atoms with E-state index < -0.39 is 11.4 Å². The van der Waals surface area contributed by atoms with Gasteiger partial charge in [0.1, 0.15) is 18.1 Å². The van der Waals surface area contributed by atoms with Gasteiger partial charge in [0.15, 0.2) is 5.82 Å². The summed E-state index contributed by atoms with van der Waals surface area (Å²) in [6.45, 7) is 2.41. The van der Waals surface area contributed by atoms with Gasteiger partial charge in [-0.3, -0.25) is 4.90 Å². The third-order valence-electron chi connectivity index (χ3n) is 6.59. The number of aliphatic hydroxyl groups is 1. The molecule has 1 aliphatic heterocycles. The van der Waals surface area contributed by atoms with Crippen molar-refractivity contribution in [2.24, 2.45) is 0 Å². The lowest BCUT2D eigenvalue weighted by molar-refractivity contribution is 0.0458. The van der Waals surface area contributed by atoms with Crippen molar-refractivity contribution in [3.8, 4) is 28.7 Å². The second-order valence-electron chi connectivity index (χ2n) is 8.98. The van der Waals surface area contributed by atoms with Gasteiger partial charge in [-0.05, 0) is 86.2 Å². The topological polar surface area (TPSA) is 45.6 Å². The first-order valence-electron chi connectivity index (χ1n) is 11.6. The standard InChI is InChI=1S/C28H26ClFN2O2/c29-23-8-6-21(7-9-23)22-18-25(30)26(31-19-22)12-5-20-3-10-24(11-4-20)34-17-16-32-15-1-2-27(32)28(33)13-14-28/h3-4,6-11,18-19,27,33H,1-2,13-17H2/t27-/m0/s1. The molecule has 0 unspecified atom stereocenters. The maximum Gasteiger partial charge on any atom is 0.158 e. The molecule has 174 valence electrons. The van der Waals surface area contributed by atoms with Crippen LogP contribution < -0.4 is 4.74 Å². The SMILES string of the molecule is OC1([C@@H]2CCCN2CCOc2ccc(C#Cc3ncc(-c4ccc(Cl)cc4)cc3F)cc2)CC1. The Morgan fingerprint density at radius 3 is 2.56 bits per heavy atom. The van der Waals surface area contributed by atoms with E-state index >= 15 is 0 Å². The average Bonchev–Trinajstić information content (AvgIpc) is 3.40. The number of nitrogens with zero attached hydrogens (tertiary/aromatic N) is 2. The molecule has 0 spiro atoms. The molecule has 34 heavy (non-hydrogen) atoms. The number of halogens is 2. The summed E-state index contributed by atoms with van der Waals surface area (Å²) >= 11 is 5.91. The highest BCUT2D eigenvalue weighted by Gasteiger charge is 2.51. The maximum atomic E-state index is 14.5. The number of hydrogen-bond donors (Lipinski definition) is 1. The van der Waals surface area contributed by atoms with Gasteiger partial charge in [0.05, 0.1) is 5.60 Å². The van der Waals surface area contributed by atoms with Crippen LogP contribution in [0.15, 0.2) is 60.8 Å². The monoisotopic (exact) mass is 476 g/mol. The van der Waals surface area contributed by atoms with Crippen LogP contribution in [0.25, 0.3) is 11.1 Å². The Hall–Kier alpha value is -2.91. The number of hydrogen-bond acceptors (Lipinski definition) is 4. The predicted octanol–water partition coefficient (Wildman–Crippen LogP) is 5.31. The van der Waals surface area contributed by atoms with Crippen LogP contribution in [0, 0.1) is 17.7 Å². The van der Waals surface area contributed by atoms with Crippen LogP contribution in [0.4, 0.5) is 4.39 Å². The third-order valence-corrected chi connectivity index (χ3v) is 6.84. The molecule has 1 atom stereocenters. The van der Waals surface area contributed by atoms with Crippen molar-refractivity contribution in [1.82, 2.24) is 9.88 Å². The zero-order valence-corrected chi connectivity index (χ0v) is 19.6. The Morgan fingerprint density at radius 1 is 1.09 bits per heavy atom. The quantitative estimate of drug-likeness (QED) is 0.490. The fourth-order valence-electron chi connectivity index (χ4n) is 4.54. The second-order valence-corrected chi connectivity index (χ2v) is 9.42. The Kier molecular flexibility index (Phi) is 6.56. The first-order valence-corrected chi connectivity index (χ1v) is 12.0. The lowest BCUT2D eigenvalue weighted by Crippen LogP contribution is -2.42. The number of rotatable bonds is 6. The molecular weight excluding hydrogens is 451 g/mol. The minimum atomic E-state index is -0.462. The van der Waals surface area contributed by atoms with Crippen molar-refractivity contribution >= 4 is 11.6 Å². The lowest BCUT2D eigenvalue weighted by Gasteiger charge is -2.28. The van der Waals surface area contributed by atoms with E-state index in [1.54, 1.807) is 18.3 Å². The van der Waals surface area contributed by atoms with E-state index in [4.69, 9.17) is 16.3 Å². The van der Waals surface area contributed by atoms with E-state index in [0.717, 1.165) is 55.6 Å². The van der Waals surface area contributed by atoms with Crippen LogP contribution in [-0.4, -0.2) is 46.3 Å². The Balaban J connectivity index is 1.16. The van der Waals surface area contributed by atoms with Crippen molar-refractivity contribution in [1.29, 1.82) is 0 Å². The molecule has 2 aliphatic rings. The van der Waals surface area contributed by atoms with E-state index in [-0.39, 0.29) is 11.7 Å². The second kappa shape index (κ2) is 9.76. The lowest BCUT2D eigenvalue weighted by atomic mass is 10.1. The van der Waals surface area contributed by atoms with E-state index in [1.165, 1.54) is 6.07 Å². The van der Waals surface area contributed by atoms with Crippen LogP contribution in [0.5, 0.6) is 5.75 Å². The molecule has 2 heterocycles. The summed E-state index contributed by atoms with van der Waals surface area (Å²) in [5, 5.41) is 11.1.